The zero-order valence-electron chi connectivity index (χ0n) is 61.9. The summed E-state index contributed by atoms with van der Waals surface area (Å²) in [5.41, 5.74) is 6.75. The molecule has 3 rings (SSSR count). The second-order valence-electron chi connectivity index (χ2n) is 25.6. The number of nitrogens with one attached hydrogen (secondary N) is 13. The summed E-state index contributed by atoms with van der Waals surface area (Å²) >= 11 is 8.61. The predicted molar refractivity (Wildman–Crippen MR) is 407 cm³/mol. The number of phenols is 1. The van der Waals surface area contributed by atoms with Gasteiger partial charge in [-0.05, 0) is 111 Å². The van der Waals surface area contributed by atoms with E-state index < -0.39 is 108 Å². The first-order valence-corrected chi connectivity index (χ1v) is 37.5. The molecule has 3 aromatic rings. The van der Waals surface area contributed by atoms with Crippen LogP contribution in [0.3, 0.4) is 0 Å². The Morgan fingerprint density at radius 1 is 0.443 bits per heavy atom. The van der Waals surface area contributed by atoms with Crippen LogP contribution in [0, 0.1) is 5.41 Å². The molecule has 3 aromatic carbocycles. The molecule has 0 aliphatic heterocycles. The maximum atomic E-state index is 14.9. The molecule has 0 bridgehead atoms. The van der Waals surface area contributed by atoms with Gasteiger partial charge in [0.1, 0.15) is 48.0 Å². The lowest BCUT2D eigenvalue weighted by molar-refractivity contribution is -0.138. The molecule has 594 valence electrons. The third-order valence-electron chi connectivity index (χ3n) is 16.0. The number of aliphatic carboxylic acids is 1. The number of fused-ring (bicyclic) bond motifs is 1. The van der Waals surface area contributed by atoms with Crippen molar-refractivity contribution < 1.29 is 86.6 Å². The SMILES string of the molecule is CC(=O)NC(CCS)C(=O)NC(Cc1ccc(O)cc1)C(=O)NC(CCCCNC(C)C)C(=O)N[C@H](CCCNC(=N)N)C(=O)NC(Cc1ccc2ccccc2c1)C(=O)NCC(=O)NC(CS)C(=O)NC(CCCCNC(C)C)C(=O)NCCOCCOCCOCCOCCOCCOCCC(=O)O. The first-order valence-electron chi connectivity index (χ1n) is 36.2. The van der Waals surface area contributed by atoms with Crippen LogP contribution < -0.4 is 69.5 Å². The van der Waals surface area contributed by atoms with Crippen molar-refractivity contribution in [1.29, 1.82) is 5.41 Å². The number of carboxylic acid groups (broad SMARTS) is 1. The number of carboxylic acids is 1. The highest BCUT2D eigenvalue weighted by atomic mass is 32.1. The van der Waals surface area contributed by atoms with Gasteiger partial charge in [0.05, 0.1) is 92.2 Å². The van der Waals surface area contributed by atoms with Gasteiger partial charge in [0.15, 0.2) is 5.96 Å². The van der Waals surface area contributed by atoms with Gasteiger partial charge in [-0.15, -0.1) is 0 Å². The zero-order valence-corrected chi connectivity index (χ0v) is 63.7. The molecule has 0 saturated carbocycles. The Morgan fingerprint density at radius 2 is 0.868 bits per heavy atom. The van der Waals surface area contributed by atoms with E-state index in [2.05, 4.69) is 89.1 Å². The van der Waals surface area contributed by atoms with Gasteiger partial charge in [-0.2, -0.15) is 25.3 Å². The van der Waals surface area contributed by atoms with Crippen LogP contribution >= 0.6 is 25.3 Å². The van der Waals surface area contributed by atoms with E-state index in [1.54, 1.807) is 18.2 Å². The standard InChI is InChI=1S/C72H116N14O18S2/c1-48(2)75-26-10-8-15-56(65(92)77-29-31-100-33-35-102-37-39-104-41-40-103-38-36-101-34-32-99-30-24-64(90)91)82-71(98)62(47-106)81-63(89)46-79-66(93)60(45-52-18-21-53-13-6-7-14-54(53)43-52)85-68(95)58(17-12-28-78-72(73)74)83-67(94)57(16-9-11-27-76-49(3)4)84-70(97)61(44-51-19-22-55(88)23-20-51)86-69(96)59(25-42-105)80-50(5)87/h6-7,13-14,18-23,43,48-49,56-62,75-76,88,105-106H,8-12,15-17,24-42,44-47H2,1-5H3,(H,77,92)(H,79,93)(H,80,87)(H,81,89)(H,82,98)(H,83,94)(H,84,97)(H,85,95)(H,86,96)(H,90,91)(H4,73,74,78)/t56?,57?,58-,59?,60?,61?,62?/m1/s1. The molecule has 0 fully saturated rings. The van der Waals surface area contributed by atoms with Crippen LogP contribution in [-0.4, -0.2) is 253 Å². The highest BCUT2D eigenvalue weighted by molar-refractivity contribution is 7.80. The minimum Gasteiger partial charge on any atom is -0.508 e. The molecule has 9 amide bonds. The monoisotopic (exact) mass is 1530 g/mol. The van der Waals surface area contributed by atoms with Crippen molar-refractivity contribution >= 4 is 101 Å². The Labute approximate surface area is 632 Å². The number of rotatable bonds is 60. The van der Waals surface area contributed by atoms with Crippen LogP contribution in [-0.2, 0) is 89.2 Å². The van der Waals surface area contributed by atoms with Gasteiger partial charge in [-0.1, -0.05) is 82.3 Å². The van der Waals surface area contributed by atoms with Crippen molar-refractivity contribution in [2.75, 3.05) is 124 Å². The molecule has 32 nitrogen and oxygen atoms in total. The molecule has 17 N–H and O–H groups in total. The molecular weight excluding hydrogens is 1410 g/mol. The number of thiol groups is 2. The van der Waals surface area contributed by atoms with Gasteiger partial charge in [0, 0.05) is 50.7 Å². The lowest BCUT2D eigenvalue weighted by Gasteiger charge is -2.27. The van der Waals surface area contributed by atoms with E-state index in [9.17, 15) is 53.1 Å². The van der Waals surface area contributed by atoms with E-state index in [0.717, 1.165) is 10.8 Å². The van der Waals surface area contributed by atoms with E-state index in [1.165, 1.54) is 19.1 Å². The molecule has 106 heavy (non-hydrogen) atoms. The van der Waals surface area contributed by atoms with E-state index in [1.807, 2.05) is 64.1 Å². The highest BCUT2D eigenvalue weighted by Crippen LogP contribution is 2.18. The predicted octanol–water partition coefficient (Wildman–Crippen LogP) is 0.400. The van der Waals surface area contributed by atoms with E-state index in [-0.39, 0.29) is 126 Å². The number of nitrogens with two attached hydrogens (primary N) is 1. The Bertz CT molecular complexity index is 3130. The highest BCUT2D eigenvalue weighted by Gasteiger charge is 2.34. The maximum absolute atomic E-state index is 14.9. The second kappa shape index (κ2) is 55.5. The first kappa shape index (κ1) is 92.3. The van der Waals surface area contributed by atoms with E-state index >= 15 is 0 Å². The summed E-state index contributed by atoms with van der Waals surface area (Å²) in [4.78, 5) is 137. The van der Waals surface area contributed by atoms with Crippen LogP contribution in [0.4, 0.5) is 0 Å². The number of carbonyl (C=O) groups excluding carboxylic acids is 9. The van der Waals surface area contributed by atoms with Crippen molar-refractivity contribution in [3.05, 3.63) is 77.9 Å². The number of aromatic hydroxyl groups is 1. The molecule has 0 saturated heterocycles. The lowest BCUT2D eigenvalue weighted by atomic mass is 10.00. The maximum Gasteiger partial charge on any atom is 0.305 e. The molecule has 6 unspecified atom stereocenters. The molecular formula is C72H116N14O18S2. The number of hydrogen-bond donors (Lipinski definition) is 18. The molecule has 7 atom stereocenters. The molecule has 0 aromatic heterocycles. The van der Waals surface area contributed by atoms with Crippen LogP contribution in [0.2, 0.25) is 0 Å². The van der Waals surface area contributed by atoms with Crippen molar-refractivity contribution in [2.24, 2.45) is 5.73 Å². The summed E-state index contributed by atoms with van der Waals surface area (Å²) in [7, 11) is 0. The fraction of sp³-hybridized carbons (Fsp3) is 0.625. The number of amides is 9. The minimum absolute atomic E-state index is 0.0400. The summed E-state index contributed by atoms with van der Waals surface area (Å²) in [5.74, 6) is -7.67. The largest absolute Gasteiger partial charge is 0.508 e. The van der Waals surface area contributed by atoms with Gasteiger partial charge < -0.3 is 108 Å². The molecule has 0 aliphatic carbocycles. The summed E-state index contributed by atoms with van der Waals surface area (Å²) in [6.07, 6.45) is 2.49. The minimum atomic E-state index is -1.40. The number of carbonyl (C=O) groups is 10. The lowest BCUT2D eigenvalue weighted by Crippen LogP contribution is -2.60. The number of guanidine groups is 1. The van der Waals surface area contributed by atoms with Crippen molar-refractivity contribution in [2.45, 2.75) is 166 Å². The fourth-order valence-electron chi connectivity index (χ4n) is 10.4. The smallest absolute Gasteiger partial charge is 0.305 e. The first-order chi connectivity index (χ1) is 50.9. The quantitative estimate of drug-likeness (QED) is 0.0157. The third-order valence-corrected chi connectivity index (χ3v) is 16.6. The summed E-state index contributed by atoms with van der Waals surface area (Å²) in [5, 5.41) is 62.0. The molecule has 0 radical (unpaired) electrons. The Morgan fingerprint density at radius 3 is 1.36 bits per heavy atom. The second-order valence-corrected chi connectivity index (χ2v) is 26.5. The Kier molecular flexibility index (Phi) is 48.3. The van der Waals surface area contributed by atoms with Crippen molar-refractivity contribution in [3.63, 3.8) is 0 Å². The third kappa shape index (κ3) is 42.4. The normalized spacial score (nSPS) is 13.3. The number of benzene rings is 3. The number of ether oxygens (including phenoxy) is 6. The van der Waals surface area contributed by atoms with Gasteiger partial charge in [-0.3, -0.25) is 53.4 Å². The van der Waals surface area contributed by atoms with Gasteiger partial charge in [-0.25, -0.2) is 0 Å². The summed E-state index contributed by atoms with van der Waals surface area (Å²) in [6.45, 7) is 13.5. The average Bonchev–Trinajstić information content (AvgIpc) is 0.835. The number of hydrogen-bond acceptors (Lipinski definition) is 22. The fourth-order valence-corrected chi connectivity index (χ4v) is 10.9. The van der Waals surface area contributed by atoms with Crippen LogP contribution in [0.1, 0.15) is 110 Å². The topological polar surface area (TPSA) is 461 Å². The summed E-state index contributed by atoms with van der Waals surface area (Å²) in [6, 6.07) is 10.6. The van der Waals surface area contributed by atoms with Crippen molar-refractivity contribution in [3.8, 4) is 5.75 Å². The molecule has 0 aliphatic rings. The van der Waals surface area contributed by atoms with Crippen LogP contribution in [0.15, 0.2) is 66.7 Å². The van der Waals surface area contributed by atoms with Crippen molar-refractivity contribution in [1.82, 2.24) is 63.8 Å². The summed E-state index contributed by atoms with van der Waals surface area (Å²) < 4.78 is 32.7. The van der Waals surface area contributed by atoms with E-state index in [4.69, 9.17) is 44.7 Å². The molecule has 0 spiro atoms. The Balaban J connectivity index is 1.76. The van der Waals surface area contributed by atoms with Gasteiger partial charge in [0.25, 0.3) is 0 Å². The number of unbranched alkanes of at least 4 members (excludes halogenated alkanes) is 2. The molecule has 0 heterocycles. The van der Waals surface area contributed by atoms with Gasteiger partial charge >= 0.3 is 5.97 Å². The van der Waals surface area contributed by atoms with Crippen LogP contribution in [0.25, 0.3) is 10.8 Å². The Hall–Kier alpha value is -7.93. The zero-order chi connectivity index (χ0) is 77.9. The molecule has 34 heteroatoms. The number of phenolic OH excluding ortho intramolecular Hbond substituents is 1. The average molecular weight is 1530 g/mol. The van der Waals surface area contributed by atoms with Crippen LogP contribution in [0.5, 0.6) is 5.75 Å². The van der Waals surface area contributed by atoms with E-state index in [0.29, 0.717) is 103 Å². The van der Waals surface area contributed by atoms with Gasteiger partial charge in [0.2, 0.25) is 53.2 Å².